The number of hydrogen-bond donors (Lipinski definition) is 7. The fourth-order valence-electron chi connectivity index (χ4n) is 6.82. The number of ketones is 1. The quantitative estimate of drug-likeness (QED) is 0.0557. The number of aliphatic hydroxyl groups excluding tert-OH is 2. The minimum Gasteiger partial charge on any atom is -0.507 e. The Hall–Kier alpha value is -5.52. The first-order chi connectivity index (χ1) is 25.7. The summed E-state index contributed by atoms with van der Waals surface area (Å²) in [5.74, 6) is -8.82. The van der Waals surface area contributed by atoms with E-state index in [1.165, 1.54) is 53.2 Å². The van der Waals surface area contributed by atoms with Gasteiger partial charge >= 0.3 is 11.8 Å². The lowest BCUT2D eigenvalue weighted by Gasteiger charge is -2.38. The van der Waals surface area contributed by atoms with Gasteiger partial charge in [0, 0.05) is 72.5 Å². The van der Waals surface area contributed by atoms with Crippen LogP contribution in [0.2, 0.25) is 0 Å². The van der Waals surface area contributed by atoms with Crippen LogP contribution in [0, 0.1) is 36.0 Å². The van der Waals surface area contributed by atoms with Crippen LogP contribution in [0.5, 0.6) is 23.0 Å². The zero-order valence-corrected chi connectivity index (χ0v) is 32.1. The molecule has 1 amide bonds. The summed E-state index contributed by atoms with van der Waals surface area (Å²) in [6.45, 7) is 12.4. The van der Waals surface area contributed by atoms with Crippen LogP contribution in [0.4, 0.5) is 5.69 Å². The lowest BCUT2D eigenvalue weighted by molar-refractivity contribution is -0.160. The molecule has 0 aromatic heterocycles. The summed E-state index contributed by atoms with van der Waals surface area (Å²) >= 11 is 0. The number of phenolic OH excluding ortho intramolecular Hbond substituents is 2. The summed E-state index contributed by atoms with van der Waals surface area (Å²) in [5.41, 5.74) is 5.09. The van der Waals surface area contributed by atoms with Gasteiger partial charge in [-0.25, -0.2) is 0 Å². The van der Waals surface area contributed by atoms with Crippen molar-refractivity contribution < 1.29 is 58.6 Å². The highest BCUT2D eigenvalue weighted by atomic mass is 16.7. The first kappa shape index (κ1) is 42.2. The maximum absolute atomic E-state index is 14.3. The third-order valence-electron chi connectivity index (χ3n) is 10.1. The number of phenols is 2. The molecule has 5 rings (SSSR count). The van der Waals surface area contributed by atoms with Crippen molar-refractivity contribution >= 4 is 40.1 Å². The fraction of sp³-hybridized carbons (Fsp3) is 0.474. The monoisotopic (exact) mass is 767 g/mol. The molecule has 0 unspecified atom stereocenters. The molecule has 0 radical (unpaired) electrons. The smallest absolute Gasteiger partial charge is 0.312 e. The van der Waals surface area contributed by atoms with Gasteiger partial charge in [-0.2, -0.15) is 0 Å². The SMILES string of the molecule is CO[C@H]1/C=C/O[C@@]2(C)Oc3c(C)c(O)c4c(O)c(cc(O/N=N/C(=N)N)c4c3C2=O)NC(=O)/C(C)=C/C=C/[C@H](C)[C@H](O)[C@@H](C)[C@@H](O)[C@@H](C)[C@H](OC(C)=O)[C@@H]1C. The average molecular weight is 768 g/mol. The number of ether oxygens (including phenoxy) is 4. The molecular weight excluding hydrogens is 718 g/mol. The Morgan fingerprint density at radius 2 is 1.69 bits per heavy atom. The second kappa shape index (κ2) is 16.9. The van der Waals surface area contributed by atoms with E-state index in [1.807, 2.05) is 0 Å². The van der Waals surface area contributed by atoms with Gasteiger partial charge in [-0.1, -0.05) is 51.0 Å². The van der Waals surface area contributed by atoms with Crippen molar-refractivity contribution in [3.05, 3.63) is 53.3 Å². The fourth-order valence-corrected chi connectivity index (χ4v) is 6.82. The molecule has 0 spiro atoms. The maximum atomic E-state index is 14.3. The summed E-state index contributed by atoms with van der Waals surface area (Å²) in [7, 11) is 1.42. The number of hydrogen-bond acceptors (Lipinski definition) is 14. The number of rotatable bonds is 4. The molecule has 0 saturated heterocycles. The minimum absolute atomic E-state index is 0.0414. The number of carbonyl (C=O) groups excluding carboxylic acids is 3. The van der Waals surface area contributed by atoms with E-state index >= 15 is 0 Å². The van der Waals surface area contributed by atoms with Gasteiger partial charge in [0.1, 0.15) is 17.6 Å². The number of anilines is 1. The Morgan fingerprint density at radius 3 is 2.31 bits per heavy atom. The number of nitrogens with two attached hydrogens (primary N) is 1. The predicted molar refractivity (Wildman–Crippen MR) is 200 cm³/mol. The normalized spacial score (nSPS) is 31.3. The van der Waals surface area contributed by atoms with Gasteiger partial charge in [0.25, 0.3) is 11.7 Å². The number of guanidine groups is 1. The molecule has 8 N–H and O–H groups in total. The van der Waals surface area contributed by atoms with Crippen molar-refractivity contribution in [3.63, 3.8) is 0 Å². The molecule has 2 aromatic carbocycles. The minimum atomic E-state index is -2.04. The number of benzene rings is 2. The van der Waals surface area contributed by atoms with Gasteiger partial charge in [-0.3, -0.25) is 19.8 Å². The first-order valence-electron chi connectivity index (χ1n) is 17.5. The summed E-state index contributed by atoms with van der Waals surface area (Å²) in [6, 6.07) is 1.14. The number of fused-ring (bicyclic) bond motifs is 14. The molecule has 17 heteroatoms. The van der Waals surface area contributed by atoms with Crippen LogP contribution in [-0.4, -0.2) is 81.4 Å². The number of methoxy groups -OCH3 is 1. The number of nitrogens with zero attached hydrogens (tertiary/aromatic N) is 2. The van der Waals surface area contributed by atoms with Crippen molar-refractivity contribution in [2.24, 2.45) is 39.8 Å². The second-order valence-electron chi connectivity index (χ2n) is 14.1. The number of esters is 1. The molecule has 3 aliphatic heterocycles. The lowest BCUT2D eigenvalue weighted by atomic mass is 9.78. The average Bonchev–Trinajstić information content (AvgIpc) is 3.39. The standard InChI is InChI=1S/C38H49N5O12/c1-16-11-10-12-17(2)36(50)41-23-15-25(55-43-42-37(39)40)26-27(32(23)48)31(47)21(6)34-28(26)35(49)38(8,54-34)52-14-13-24(51-9)18(3)33(53-22(7)44)20(5)30(46)19(4)29(16)45/h10-16,18-20,24,29-30,33,45-48H,1-9H3,(H3,39,40)(H,41,50)/b11-10+,14-13+,17-12+,43-42+/t16-,18+,19+,20+,24-,29-,30+,33+,38-/m0/s1. The van der Waals surface area contributed by atoms with Gasteiger partial charge < -0.3 is 55.3 Å². The summed E-state index contributed by atoms with van der Waals surface area (Å²) < 4.78 is 23.4. The van der Waals surface area contributed by atoms with Crippen molar-refractivity contribution in [3.8, 4) is 23.0 Å². The van der Waals surface area contributed by atoms with E-state index in [0.29, 0.717) is 0 Å². The first-order valence-corrected chi connectivity index (χ1v) is 17.5. The highest BCUT2D eigenvalue weighted by molar-refractivity contribution is 6.21. The third kappa shape index (κ3) is 8.58. The van der Waals surface area contributed by atoms with Crippen molar-refractivity contribution in [2.75, 3.05) is 12.4 Å². The van der Waals surface area contributed by atoms with Crippen LogP contribution in [0.15, 0.2) is 52.6 Å². The van der Waals surface area contributed by atoms with Gasteiger partial charge in [0.05, 0.1) is 41.2 Å². The van der Waals surface area contributed by atoms with E-state index < -0.39 is 89.0 Å². The van der Waals surface area contributed by atoms with E-state index in [-0.39, 0.29) is 44.7 Å². The van der Waals surface area contributed by atoms with Gasteiger partial charge in [0.15, 0.2) is 11.5 Å². The molecule has 9 atom stereocenters. The number of allylic oxidation sites excluding steroid dienone is 2. The van der Waals surface area contributed by atoms with Crippen molar-refractivity contribution in [2.45, 2.75) is 85.6 Å². The number of carbonyl (C=O) groups is 3. The van der Waals surface area contributed by atoms with Crippen LogP contribution < -0.4 is 20.6 Å². The molecule has 5 bridgehead atoms. The molecular formula is C38H49N5O12. The Labute approximate surface area is 317 Å². The van der Waals surface area contributed by atoms with Crippen LogP contribution in [0.1, 0.15) is 64.4 Å². The van der Waals surface area contributed by atoms with Crippen LogP contribution >= 0.6 is 0 Å². The number of amides is 1. The van der Waals surface area contributed by atoms with E-state index in [1.54, 1.807) is 39.8 Å². The lowest BCUT2D eigenvalue weighted by Crippen LogP contribution is -2.46. The number of aromatic hydroxyl groups is 2. The maximum Gasteiger partial charge on any atom is 0.312 e. The molecule has 0 aliphatic carbocycles. The summed E-state index contributed by atoms with van der Waals surface area (Å²) in [4.78, 5) is 45.3. The molecule has 17 nitrogen and oxygen atoms in total. The van der Waals surface area contributed by atoms with Crippen LogP contribution in [-0.2, 0) is 23.8 Å². The number of Topliss-reactive ketones (excluding diaryl/α,β-unsaturated/α-hetero) is 1. The van der Waals surface area contributed by atoms with E-state index in [4.69, 9.17) is 34.9 Å². The highest BCUT2D eigenvalue weighted by Gasteiger charge is 2.49. The second-order valence-corrected chi connectivity index (χ2v) is 14.1. The van der Waals surface area contributed by atoms with Crippen LogP contribution in [0.25, 0.3) is 10.8 Å². The third-order valence-corrected chi connectivity index (χ3v) is 10.1. The number of nitrogens with one attached hydrogen (secondary N) is 2. The molecule has 298 valence electrons. The van der Waals surface area contributed by atoms with Gasteiger partial charge in [-0.15, -0.1) is 0 Å². The van der Waals surface area contributed by atoms with E-state index in [2.05, 4.69) is 15.7 Å². The van der Waals surface area contributed by atoms with Gasteiger partial charge in [0.2, 0.25) is 5.96 Å². The largest absolute Gasteiger partial charge is 0.507 e. The summed E-state index contributed by atoms with van der Waals surface area (Å²) in [6.07, 6.45) is 3.43. The van der Waals surface area contributed by atoms with Crippen LogP contribution in [0.3, 0.4) is 0 Å². The Balaban J connectivity index is 1.94. The highest BCUT2D eigenvalue weighted by Crippen LogP contribution is 2.54. The topological polar surface area (TPSA) is 265 Å². The zero-order chi connectivity index (χ0) is 41.1. The molecule has 2 aromatic rings. The number of aliphatic hydroxyl groups is 2. The Kier molecular flexibility index (Phi) is 13.0. The molecule has 55 heavy (non-hydrogen) atoms. The molecule has 3 aliphatic rings. The van der Waals surface area contributed by atoms with Gasteiger partial charge in [-0.05, 0) is 19.9 Å². The van der Waals surface area contributed by atoms with E-state index in [9.17, 15) is 34.8 Å². The Morgan fingerprint density at radius 1 is 1.02 bits per heavy atom. The Bertz CT molecular complexity index is 1980. The van der Waals surface area contributed by atoms with Crippen molar-refractivity contribution in [1.82, 2.24) is 0 Å². The van der Waals surface area contributed by atoms with Crippen molar-refractivity contribution in [1.29, 1.82) is 5.41 Å². The summed E-state index contributed by atoms with van der Waals surface area (Å²) in [5, 5.41) is 61.9. The predicted octanol–water partition coefficient (Wildman–Crippen LogP) is 4.69. The van der Waals surface area contributed by atoms with E-state index in [0.717, 1.165) is 6.07 Å². The molecule has 3 heterocycles. The molecule has 0 saturated carbocycles. The zero-order valence-electron chi connectivity index (χ0n) is 32.1. The molecule has 0 fully saturated rings.